The normalized spacial score (nSPS) is 12.1. The van der Waals surface area contributed by atoms with Crippen LogP contribution in [0.1, 0.15) is 18.5 Å². The van der Waals surface area contributed by atoms with Crippen molar-refractivity contribution in [2.24, 2.45) is 0 Å². The van der Waals surface area contributed by atoms with Crippen LogP contribution < -0.4 is 5.32 Å². The molecular formula is C21H18ClN5OS. The Balaban J connectivity index is 1.39. The van der Waals surface area contributed by atoms with Crippen LogP contribution in [0.4, 0.5) is 0 Å². The van der Waals surface area contributed by atoms with Gasteiger partial charge in [-0.25, -0.2) is 0 Å². The maximum Gasteiger partial charge on any atom is 0.230 e. The van der Waals surface area contributed by atoms with Crippen molar-refractivity contribution in [3.05, 3.63) is 77.3 Å². The van der Waals surface area contributed by atoms with Gasteiger partial charge >= 0.3 is 0 Å². The van der Waals surface area contributed by atoms with E-state index in [2.05, 4.69) is 45.1 Å². The number of benzene rings is 3. The largest absolute Gasteiger partial charge is 0.349 e. The summed E-state index contributed by atoms with van der Waals surface area (Å²) in [5.41, 5.74) is 1.85. The fourth-order valence-corrected chi connectivity index (χ4v) is 3.81. The minimum atomic E-state index is -0.0973. The summed E-state index contributed by atoms with van der Waals surface area (Å²) in [5.74, 6) is 0.132. The van der Waals surface area contributed by atoms with E-state index in [1.165, 1.54) is 17.1 Å². The standard InChI is InChI=1S/C21H18ClN5OS/c1-14(16-7-6-15-4-2-3-5-17(15)12-16)23-20(28)13-29-21-24-25-26-27(21)19-10-8-18(22)9-11-19/h2-12,14H,13H2,1H3,(H,23,28). The quantitative estimate of drug-likeness (QED) is 0.464. The molecule has 8 heteroatoms. The molecule has 1 unspecified atom stereocenters. The number of aromatic nitrogens is 4. The van der Waals surface area contributed by atoms with Crippen LogP contribution >= 0.6 is 23.4 Å². The first-order valence-corrected chi connectivity index (χ1v) is 10.4. The molecule has 0 radical (unpaired) electrons. The first-order valence-electron chi connectivity index (χ1n) is 9.05. The number of nitrogens with one attached hydrogen (secondary N) is 1. The number of hydrogen-bond donors (Lipinski definition) is 1. The Kier molecular flexibility index (Phi) is 5.78. The van der Waals surface area contributed by atoms with Crippen LogP contribution in [0.5, 0.6) is 0 Å². The topological polar surface area (TPSA) is 72.7 Å². The number of amides is 1. The number of halogens is 1. The molecule has 0 spiro atoms. The maximum absolute atomic E-state index is 12.5. The van der Waals surface area contributed by atoms with Crippen molar-refractivity contribution < 1.29 is 4.79 Å². The van der Waals surface area contributed by atoms with Crippen molar-refractivity contribution in [3.63, 3.8) is 0 Å². The van der Waals surface area contributed by atoms with E-state index in [0.717, 1.165) is 16.6 Å². The predicted molar refractivity (Wildman–Crippen MR) is 115 cm³/mol. The Bertz CT molecular complexity index is 1150. The van der Waals surface area contributed by atoms with Gasteiger partial charge in [0.25, 0.3) is 0 Å². The van der Waals surface area contributed by atoms with Crippen molar-refractivity contribution in [1.29, 1.82) is 0 Å². The van der Waals surface area contributed by atoms with Crippen LogP contribution in [0.2, 0.25) is 5.02 Å². The lowest BCUT2D eigenvalue weighted by Gasteiger charge is -2.15. The van der Waals surface area contributed by atoms with Crippen LogP contribution in [0.25, 0.3) is 16.5 Å². The van der Waals surface area contributed by atoms with Gasteiger partial charge in [-0.05, 0) is 64.0 Å². The fourth-order valence-electron chi connectivity index (χ4n) is 2.99. The van der Waals surface area contributed by atoms with Gasteiger partial charge in [-0.3, -0.25) is 4.79 Å². The van der Waals surface area contributed by atoms with E-state index in [0.29, 0.717) is 10.2 Å². The van der Waals surface area contributed by atoms with E-state index >= 15 is 0 Å². The van der Waals surface area contributed by atoms with E-state index in [9.17, 15) is 4.79 Å². The Labute approximate surface area is 177 Å². The highest BCUT2D eigenvalue weighted by Gasteiger charge is 2.14. The minimum absolute atomic E-state index is 0.0821. The molecule has 1 N–H and O–H groups in total. The number of carbonyl (C=O) groups is 1. The molecule has 6 nitrogen and oxygen atoms in total. The number of nitrogens with zero attached hydrogens (tertiary/aromatic N) is 4. The fraction of sp³-hybridized carbons (Fsp3) is 0.143. The molecule has 0 saturated carbocycles. The van der Waals surface area contributed by atoms with Gasteiger partial charge < -0.3 is 5.32 Å². The van der Waals surface area contributed by atoms with Gasteiger partial charge in [-0.15, -0.1) is 5.10 Å². The lowest BCUT2D eigenvalue weighted by molar-refractivity contribution is -0.119. The average molecular weight is 424 g/mol. The Morgan fingerprint density at radius 2 is 1.86 bits per heavy atom. The monoisotopic (exact) mass is 423 g/mol. The molecule has 0 fully saturated rings. The molecule has 4 aromatic rings. The molecule has 29 heavy (non-hydrogen) atoms. The summed E-state index contributed by atoms with van der Waals surface area (Å²) >= 11 is 7.21. The van der Waals surface area contributed by atoms with Crippen LogP contribution in [0, 0.1) is 0 Å². The Morgan fingerprint density at radius 3 is 2.66 bits per heavy atom. The second-order valence-electron chi connectivity index (χ2n) is 6.53. The molecule has 3 aromatic carbocycles. The predicted octanol–water partition coefficient (Wildman–Crippen LogP) is 4.44. The highest BCUT2D eigenvalue weighted by molar-refractivity contribution is 7.99. The maximum atomic E-state index is 12.5. The number of thioether (sulfide) groups is 1. The summed E-state index contributed by atoms with van der Waals surface area (Å²) in [6.45, 7) is 1.98. The van der Waals surface area contributed by atoms with E-state index in [1.54, 1.807) is 16.8 Å². The number of carbonyl (C=O) groups excluding carboxylic acids is 1. The molecule has 0 bridgehead atoms. The van der Waals surface area contributed by atoms with Crippen molar-refractivity contribution in [2.75, 3.05) is 5.75 Å². The third kappa shape index (κ3) is 4.58. The number of fused-ring (bicyclic) bond motifs is 1. The smallest absolute Gasteiger partial charge is 0.230 e. The number of rotatable bonds is 6. The second-order valence-corrected chi connectivity index (χ2v) is 7.91. The molecule has 1 heterocycles. The van der Waals surface area contributed by atoms with Gasteiger partial charge in [0.05, 0.1) is 17.5 Å². The van der Waals surface area contributed by atoms with Crippen LogP contribution in [0.15, 0.2) is 71.9 Å². The molecule has 0 aliphatic carbocycles. The minimum Gasteiger partial charge on any atom is -0.349 e. The molecular weight excluding hydrogens is 406 g/mol. The summed E-state index contributed by atoms with van der Waals surface area (Å²) in [6.07, 6.45) is 0. The summed E-state index contributed by atoms with van der Waals surface area (Å²) in [7, 11) is 0. The molecule has 146 valence electrons. The zero-order chi connectivity index (χ0) is 20.2. The summed E-state index contributed by atoms with van der Waals surface area (Å²) in [4.78, 5) is 12.5. The SMILES string of the molecule is CC(NC(=O)CSc1nnnn1-c1ccc(Cl)cc1)c1ccc2ccccc2c1. The molecule has 0 aliphatic heterocycles. The van der Waals surface area contributed by atoms with Crippen molar-refractivity contribution in [2.45, 2.75) is 18.1 Å². The second kappa shape index (κ2) is 8.63. The summed E-state index contributed by atoms with van der Waals surface area (Å²) in [5, 5.41) is 18.3. The lowest BCUT2D eigenvalue weighted by Crippen LogP contribution is -2.28. The highest BCUT2D eigenvalue weighted by Crippen LogP contribution is 2.22. The van der Waals surface area contributed by atoms with Crippen LogP contribution in [-0.2, 0) is 4.79 Å². The number of tetrazole rings is 1. The van der Waals surface area contributed by atoms with Crippen molar-refractivity contribution >= 4 is 40.0 Å². The highest BCUT2D eigenvalue weighted by atomic mass is 35.5. The molecule has 0 saturated heterocycles. The lowest BCUT2D eigenvalue weighted by atomic mass is 10.0. The summed E-state index contributed by atoms with van der Waals surface area (Å²) < 4.78 is 1.58. The molecule has 1 aromatic heterocycles. The summed E-state index contributed by atoms with van der Waals surface area (Å²) in [6, 6.07) is 21.5. The van der Waals surface area contributed by atoms with Crippen LogP contribution in [-0.4, -0.2) is 31.9 Å². The van der Waals surface area contributed by atoms with Crippen LogP contribution in [0.3, 0.4) is 0 Å². The first-order chi connectivity index (χ1) is 14.1. The van der Waals surface area contributed by atoms with Gasteiger partial charge in [-0.2, -0.15) is 4.68 Å². The molecule has 0 aliphatic rings. The third-order valence-corrected chi connectivity index (χ3v) is 5.67. The van der Waals surface area contributed by atoms with Crippen molar-refractivity contribution in [3.8, 4) is 5.69 Å². The van der Waals surface area contributed by atoms with Gasteiger partial charge in [0.1, 0.15) is 0 Å². The van der Waals surface area contributed by atoms with Gasteiger partial charge in [0.15, 0.2) is 0 Å². The zero-order valence-corrected chi connectivity index (χ0v) is 17.2. The zero-order valence-electron chi connectivity index (χ0n) is 15.6. The molecule has 1 amide bonds. The van der Waals surface area contributed by atoms with Crippen molar-refractivity contribution in [1.82, 2.24) is 25.5 Å². The van der Waals surface area contributed by atoms with E-state index < -0.39 is 0 Å². The molecule has 1 atom stereocenters. The average Bonchev–Trinajstić information content (AvgIpc) is 3.21. The van der Waals surface area contributed by atoms with E-state index in [-0.39, 0.29) is 17.7 Å². The van der Waals surface area contributed by atoms with Gasteiger partial charge in [-0.1, -0.05) is 59.8 Å². The van der Waals surface area contributed by atoms with E-state index in [1.807, 2.05) is 37.3 Å². The number of hydrogen-bond acceptors (Lipinski definition) is 5. The first kappa shape index (κ1) is 19.4. The van der Waals surface area contributed by atoms with Gasteiger partial charge in [0.2, 0.25) is 11.1 Å². The Hall–Kier alpha value is -2.90. The van der Waals surface area contributed by atoms with E-state index in [4.69, 9.17) is 11.6 Å². The third-order valence-electron chi connectivity index (χ3n) is 4.50. The van der Waals surface area contributed by atoms with Gasteiger partial charge in [0, 0.05) is 5.02 Å². The Morgan fingerprint density at radius 1 is 1.10 bits per heavy atom. The molecule has 4 rings (SSSR count).